The van der Waals surface area contributed by atoms with Crippen LogP contribution < -0.4 is 5.32 Å². The predicted octanol–water partition coefficient (Wildman–Crippen LogP) is 5.80. The minimum atomic E-state index is -2.78. The molecule has 1 fully saturated rings. The van der Waals surface area contributed by atoms with Crippen molar-refractivity contribution in [3.8, 4) is 11.1 Å². The predicted molar refractivity (Wildman–Crippen MR) is 105 cm³/mol. The molecule has 0 bridgehead atoms. The summed E-state index contributed by atoms with van der Waals surface area (Å²) in [5, 5.41) is 13.6. The molecule has 0 saturated heterocycles. The van der Waals surface area contributed by atoms with Crippen LogP contribution in [0.15, 0.2) is 42.2 Å². The topological polar surface area (TPSA) is 49.3 Å². The summed E-state index contributed by atoms with van der Waals surface area (Å²) in [4.78, 5) is 12.7. The van der Waals surface area contributed by atoms with Gasteiger partial charge in [-0.2, -0.15) is 0 Å². The summed E-state index contributed by atoms with van der Waals surface area (Å²) in [5.74, 6) is -4.03. The Morgan fingerprint density at radius 2 is 1.66 bits per heavy atom. The molecule has 0 aromatic heterocycles. The normalized spacial score (nSPS) is 20.2. The molecule has 0 unspecified atom stereocenters. The number of hydrogen-bond donors (Lipinski definition) is 2. The molecule has 1 spiro atoms. The Morgan fingerprint density at radius 3 is 2.31 bits per heavy atom. The van der Waals surface area contributed by atoms with E-state index in [1.165, 1.54) is 12.1 Å². The molecule has 1 heterocycles. The third-order valence-electron chi connectivity index (χ3n) is 5.86. The van der Waals surface area contributed by atoms with Gasteiger partial charge >= 0.3 is 0 Å². The van der Waals surface area contributed by atoms with E-state index in [1.807, 2.05) is 0 Å². The van der Waals surface area contributed by atoms with Gasteiger partial charge in [-0.1, -0.05) is 29.8 Å². The summed E-state index contributed by atoms with van der Waals surface area (Å²) < 4.78 is 41.1. The maximum atomic E-state index is 13.9. The maximum absolute atomic E-state index is 13.9. The van der Waals surface area contributed by atoms with Crippen LogP contribution in [0.4, 0.5) is 13.2 Å². The van der Waals surface area contributed by atoms with Crippen LogP contribution in [0.1, 0.15) is 36.8 Å². The molecule has 0 radical (unpaired) electrons. The number of amides is 1. The number of aryl methyl sites for hydroxylation is 1. The number of carbonyl (C=O) groups excluding carboxylic acids is 1. The van der Waals surface area contributed by atoms with E-state index in [4.69, 9.17) is 11.6 Å². The number of nitrogens with one attached hydrogen (secondary N) is 1. The van der Waals surface area contributed by atoms with E-state index >= 15 is 0 Å². The van der Waals surface area contributed by atoms with Gasteiger partial charge in [-0.15, -0.1) is 0 Å². The highest BCUT2D eigenvalue weighted by Gasteiger charge is 2.51. The van der Waals surface area contributed by atoms with Crippen LogP contribution in [0.5, 0.6) is 0 Å². The van der Waals surface area contributed by atoms with Crippen LogP contribution >= 0.6 is 11.6 Å². The molecule has 1 saturated carbocycles. The van der Waals surface area contributed by atoms with Gasteiger partial charge in [0.15, 0.2) is 0 Å². The van der Waals surface area contributed by atoms with Gasteiger partial charge in [0, 0.05) is 12.8 Å². The van der Waals surface area contributed by atoms with Crippen LogP contribution in [0.25, 0.3) is 16.7 Å². The summed E-state index contributed by atoms with van der Waals surface area (Å²) in [6, 6.07) is 9.65. The molecule has 152 valence electrons. The lowest BCUT2D eigenvalue weighted by molar-refractivity contribution is -0.117. The quantitative estimate of drug-likeness (QED) is 0.643. The van der Waals surface area contributed by atoms with E-state index in [0.717, 1.165) is 5.56 Å². The van der Waals surface area contributed by atoms with Crippen molar-refractivity contribution in [1.82, 2.24) is 5.32 Å². The Labute approximate surface area is 171 Å². The lowest BCUT2D eigenvalue weighted by Crippen LogP contribution is -2.49. The van der Waals surface area contributed by atoms with E-state index < -0.39 is 36.0 Å². The van der Waals surface area contributed by atoms with E-state index in [1.54, 1.807) is 31.2 Å². The van der Waals surface area contributed by atoms with Gasteiger partial charge < -0.3 is 10.4 Å². The Balaban J connectivity index is 1.77. The van der Waals surface area contributed by atoms with Crippen molar-refractivity contribution >= 4 is 23.1 Å². The Morgan fingerprint density at radius 1 is 1.03 bits per heavy atom. The van der Waals surface area contributed by atoms with E-state index in [2.05, 4.69) is 5.32 Å². The molecular formula is C22H19ClF3NO2. The zero-order chi connectivity index (χ0) is 21.0. The third-order valence-corrected chi connectivity index (χ3v) is 6.17. The summed E-state index contributed by atoms with van der Waals surface area (Å²) >= 11 is 5.75. The summed E-state index contributed by atoms with van der Waals surface area (Å²) in [5.41, 5.74) is 1.37. The molecule has 0 atom stereocenters. The second-order valence-corrected chi connectivity index (χ2v) is 8.18. The first-order valence-corrected chi connectivity index (χ1v) is 9.70. The Kier molecular flexibility index (Phi) is 4.65. The molecule has 2 aromatic carbocycles. The second kappa shape index (κ2) is 6.80. The van der Waals surface area contributed by atoms with Gasteiger partial charge in [-0.05, 0) is 60.2 Å². The second-order valence-electron chi connectivity index (χ2n) is 7.77. The first-order valence-electron chi connectivity index (χ1n) is 9.32. The van der Waals surface area contributed by atoms with Crippen LogP contribution in [0.3, 0.4) is 0 Å². The molecule has 1 amide bonds. The minimum absolute atomic E-state index is 0.00708. The van der Waals surface area contributed by atoms with Crippen molar-refractivity contribution in [3.63, 3.8) is 0 Å². The van der Waals surface area contributed by atoms with Gasteiger partial charge in [0.2, 0.25) is 5.92 Å². The number of aliphatic hydroxyl groups is 1. The average Bonchev–Trinajstić information content (AvgIpc) is 2.91. The largest absolute Gasteiger partial charge is 0.509 e. The van der Waals surface area contributed by atoms with Crippen molar-refractivity contribution in [3.05, 3.63) is 64.1 Å². The zero-order valence-electron chi connectivity index (χ0n) is 15.7. The summed E-state index contributed by atoms with van der Waals surface area (Å²) in [7, 11) is 0. The van der Waals surface area contributed by atoms with Crippen molar-refractivity contribution in [2.75, 3.05) is 0 Å². The first kappa shape index (κ1) is 19.8. The van der Waals surface area contributed by atoms with Crippen molar-refractivity contribution < 1.29 is 23.1 Å². The molecule has 7 heteroatoms. The van der Waals surface area contributed by atoms with Gasteiger partial charge in [0.25, 0.3) is 5.91 Å². The Hall–Kier alpha value is -2.47. The SMILES string of the molecule is Cc1ccc(-c2ccc(Cl)c(F)c2)cc1C1=C(O)C2(CCC(F)(F)CC2)NC1=O. The van der Waals surface area contributed by atoms with Crippen molar-refractivity contribution in [2.24, 2.45) is 0 Å². The van der Waals surface area contributed by atoms with Gasteiger partial charge in [0.05, 0.1) is 16.1 Å². The lowest BCUT2D eigenvalue weighted by atomic mass is 9.78. The maximum Gasteiger partial charge on any atom is 0.256 e. The van der Waals surface area contributed by atoms with Crippen LogP contribution in [-0.2, 0) is 4.79 Å². The van der Waals surface area contributed by atoms with E-state index in [9.17, 15) is 23.1 Å². The third kappa shape index (κ3) is 3.39. The molecule has 1 aliphatic heterocycles. The fourth-order valence-corrected chi connectivity index (χ4v) is 4.20. The molecule has 29 heavy (non-hydrogen) atoms. The number of alkyl halides is 2. The van der Waals surface area contributed by atoms with Crippen LogP contribution in [0.2, 0.25) is 5.02 Å². The number of carbonyl (C=O) groups is 1. The molecule has 2 N–H and O–H groups in total. The highest BCUT2D eigenvalue weighted by molar-refractivity contribution is 6.30. The molecule has 2 aliphatic rings. The highest BCUT2D eigenvalue weighted by Crippen LogP contribution is 2.46. The van der Waals surface area contributed by atoms with Gasteiger partial charge in [0.1, 0.15) is 11.6 Å². The molecule has 2 aromatic rings. The number of rotatable bonds is 2. The zero-order valence-corrected chi connectivity index (χ0v) is 16.4. The number of aliphatic hydroxyl groups excluding tert-OH is 1. The number of hydrogen-bond acceptors (Lipinski definition) is 2. The summed E-state index contributed by atoms with van der Waals surface area (Å²) in [6.07, 6.45) is -0.841. The molecule has 3 nitrogen and oxygen atoms in total. The van der Waals surface area contributed by atoms with Gasteiger partial charge in [-0.3, -0.25) is 4.79 Å². The highest BCUT2D eigenvalue weighted by atomic mass is 35.5. The van der Waals surface area contributed by atoms with Gasteiger partial charge in [-0.25, -0.2) is 13.2 Å². The monoisotopic (exact) mass is 421 g/mol. The van der Waals surface area contributed by atoms with Crippen LogP contribution in [0, 0.1) is 12.7 Å². The standard InChI is InChI=1S/C22H19ClF3NO2/c1-12-2-3-13(14-4-5-16(23)17(24)11-14)10-15(12)18-19(28)21(27-20(18)29)6-8-22(25,26)9-7-21/h2-5,10-11,28H,6-9H2,1H3,(H,27,29). The number of benzene rings is 2. The number of halogens is 4. The molecular weight excluding hydrogens is 403 g/mol. The lowest BCUT2D eigenvalue weighted by Gasteiger charge is -2.36. The smallest absolute Gasteiger partial charge is 0.256 e. The minimum Gasteiger partial charge on any atom is -0.509 e. The van der Waals surface area contributed by atoms with Crippen molar-refractivity contribution in [1.29, 1.82) is 0 Å². The van der Waals surface area contributed by atoms with E-state index in [-0.39, 0.29) is 29.2 Å². The molecule has 1 aliphatic carbocycles. The summed E-state index contributed by atoms with van der Waals surface area (Å²) in [6.45, 7) is 1.79. The average molecular weight is 422 g/mol. The van der Waals surface area contributed by atoms with Crippen molar-refractivity contribution in [2.45, 2.75) is 44.1 Å². The van der Waals surface area contributed by atoms with E-state index in [0.29, 0.717) is 16.7 Å². The fourth-order valence-electron chi connectivity index (χ4n) is 4.09. The Bertz CT molecular complexity index is 1040. The van der Waals surface area contributed by atoms with Crippen LogP contribution in [-0.4, -0.2) is 22.5 Å². The fraction of sp³-hybridized carbons (Fsp3) is 0.318. The molecule has 4 rings (SSSR count). The first-order chi connectivity index (χ1) is 13.6.